The van der Waals surface area contributed by atoms with Gasteiger partial charge >= 0.3 is 0 Å². The smallest absolute Gasteiger partial charge is 0.252 e. The third-order valence-electron chi connectivity index (χ3n) is 3.11. The van der Waals surface area contributed by atoms with E-state index in [2.05, 4.69) is 41.3 Å². The molecule has 0 radical (unpaired) electrons. The molecule has 0 aliphatic carbocycles. The molecule has 3 rings (SSSR count). The molecule has 1 N–H and O–H groups in total. The lowest BCUT2D eigenvalue weighted by Crippen LogP contribution is -2.29. The predicted molar refractivity (Wildman–Crippen MR) is 82.2 cm³/mol. The first-order valence-corrected chi connectivity index (χ1v) is 7.52. The summed E-state index contributed by atoms with van der Waals surface area (Å²) in [5.41, 5.74) is 0. The highest BCUT2D eigenvalue weighted by Crippen LogP contribution is 2.07. The van der Waals surface area contributed by atoms with E-state index in [4.69, 9.17) is 0 Å². The number of nitrogens with zero attached hydrogens (tertiary/aromatic N) is 6. The summed E-state index contributed by atoms with van der Waals surface area (Å²) >= 11 is 3.33. The Bertz CT molecular complexity index is 810. The lowest BCUT2D eigenvalue weighted by atomic mass is 10.4. The van der Waals surface area contributed by atoms with Crippen LogP contribution in [-0.4, -0.2) is 41.6 Å². The van der Waals surface area contributed by atoms with Crippen LogP contribution in [0.4, 0.5) is 0 Å². The zero-order chi connectivity index (χ0) is 15.5. The van der Waals surface area contributed by atoms with Crippen LogP contribution >= 0.6 is 15.9 Å². The molecule has 0 aliphatic heterocycles. The summed E-state index contributed by atoms with van der Waals surface area (Å²) in [5.74, 6) is 1.93. The second kappa shape index (κ2) is 6.22. The first-order valence-electron chi connectivity index (χ1n) is 6.73. The molecule has 8 nitrogen and oxygen atoms in total. The number of amides is 1. The third-order valence-corrected chi connectivity index (χ3v) is 3.52. The molecule has 3 heterocycles. The van der Waals surface area contributed by atoms with Gasteiger partial charge in [0.15, 0.2) is 5.82 Å². The summed E-state index contributed by atoms with van der Waals surface area (Å²) in [6.45, 7) is 2.60. The Kier molecular flexibility index (Phi) is 4.14. The molecule has 0 saturated carbocycles. The van der Waals surface area contributed by atoms with Gasteiger partial charge in [-0.15, -0.1) is 5.10 Å². The number of hydrogen-bond donors (Lipinski definition) is 1. The zero-order valence-corrected chi connectivity index (χ0v) is 13.5. The van der Waals surface area contributed by atoms with Crippen molar-refractivity contribution in [3.8, 4) is 0 Å². The highest BCUT2D eigenvalue weighted by Gasteiger charge is 2.07. The standard InChI is InChI=1S/C13H14BrN7O/c1-9-15-4-5-20(9)8-12(22)16-3-2-11-18-13-17-6-10(14)7-21(13)19-11/h4-7H,2-3,8H2,1H3,(H,16,22). The van der Waals surface area contributed by atoms with Crippen molar-refractivity contribution in [2.24, 2.45) is 0 Å². The van der Waals surface area contributed by atoms with Crippen molar-refractivity contribution in [3.63, 3.8) is 0 Å². The molecule has 114 valence electrons. The van der Waals surface area contributed by atoms with E-state index in [1.165, 1.54) is 0 Å². The van der Waals surface area contributed by atoms with Gasteiger partial charge < -0.3 is 9.88 Å². The quantitative estimate of drug-likeness (QED) is 0.722. The fourth-order valence-electron chi connectivity index (χ4n) is 2.00. The van der Waals surface area contributed by atoms with Crippen LogP contribution in [0.5, 0.6) is 0 Å². The number of halogens is 1. The van der Waals surface area contributed by atoms with Crippen LogP contribution in [0.25, 0.3) is 5.78 Å². The van der Waals surface area contributed by atoms with Gasteiger partial charge in [0.1, 0.15) is 12.4 Å². The lowest BCUT2D eigenvalue weighted by Gasteiger charge is -2.05. The van der Waals surface area contributed by atoms with E-state index in [9.17, 15) is 4.79 Å². The van der Waals surface area contributed by atoms with Crippen LogP contribution in [0.1, 0.15) is 11.6 Å². The predicted octanol–water partition coefficient (Wildman–Crippen LogP) is 0.751. The number of carbonyl (C=O) groups is 1. The van der Waals surface area contributed by atoms with Crippen LogP contribution in [0.3, 0.4) is 0 Å². The maximum Gasteiger partial charge on any atom is 0.252 e. The van der Waals surface area contributed by atoms with Crippen molar-refractivity contribution in [1.82, 2.24) is 34.4 Å². The summed E-state index contributed by atoms with van der Waals surface area (Å²) < 4.78 is 4.23. The summed E-state index contributed by atoms with van der Waals surface area (Å²) in [5, 5.41) is 7.15. The molecule has 0 atom stereocenters. The average Bonchev–Trinajstić information content (AvgIpc) is 3.05. The minimum atomic E-state index is -0.0641. The van der Waals surface area contributed by atoms with Gasteiger partial charge in [-0.2, -0.15) is 4.98 Å². The van der Waals surface area contributed by atoms with E-state index in [1.54, 1.807) is 33.9 Å². The zero-order valence-electron chi connectivity index (χ0n) is 11.9. The first-order chi connectivity index (χ1) is 10.6. The second-order valence-corrected chi connectivity index (χ2v) is 5.66. The van der Waals surface area contributed by atoms with E-state index in [0.717, 1.165) is 10.3 Å². The topological polar surface area (TPSA) is 90.0 Å². The largest absolute Gasteiger partial charge is 0.354 e. The summed E-state index contributed by atoms with van der Waals surface area (Å²) in [6.07, 6.45) is 7.47. The molecule has 3 aromatic rings. The normalized spacial score (nSPS) is 11.0. The number of aromatic nitrogens is 6. The Hall–Kier alpha value is -2.29. The summed E-state index contributed by atoms with van der Waals surface area (Å²) in [7, 11) is 0. The Labute approximate surface area is 134 Å². The van der Waals surface area contributed by atoms with Gasteiger partial charge in [0.05, 0.1) is 4.47 Å². The monoisotopic (exact) mass is 363 g/mol. The molecule has 0 unspecified atom stereocenters. The Balaban J connectivity index is 1.53. The Morgan fingerprint density at radius 1 is 1.41 bits per heavy atom. The van der Waals surface area contributed by atoms with Gasteiger partial charge in [-0.05, 0) is 22.9 Å². The van der Waals surface area contributed by atoms with Crippen molar-refractivity contribution in [3.05, 3.63) is 40.9 Å². The molecule has 1 amide bonds. The third kappa shape index (κ3) is 3.30. The van der Waals surface area contributed by atoms with E-state index >= 15 is 0 Å². The second-order valence-electron chi connectivity index (χ2n) is 4.75. The van der Waals surface area contributed by atoms with Crippen LogP contribution in [0.15, 0.2) is 29.3 Å². The van der Waals surface area contributed by atoms with Gasteiger partial charge in [0.25, 0.3) is 5.78 Å². The molecular formula is C13H14BrN7O. The van der Waals surface area contributed by atoms with Gasteiger partial charge in [-0.3, -0.25) is 4.79 Å². The van der Waals surface area contributed by atoms with Crippen LogP contribution in [0.2, 0.25) is 0 Å². The molecule has 22 heavy (non-hydrogen) atoms. The van der Waals surface area contributed by atoms with Gasteiger partial charge in [-0.25, -0.2) is 14.5 Å². The summed E-state index contributed by atoms with van der Waals surface area (Å²) in [4.78, 5) is 24.4. The molecule has 0 fully saturated rings. The number of rotatable bonds is 5. The molecule has 9 heteroatoms. The van der Waals surface area contributed by atoms with Crippen molar-refractivity contribution < 1.29 is 4.79 Å². The SMILES string of the molecule is Cc1nccn1CC(=O)NCCc1nc2ncc(Br)cn2n1. The first kappa shape index (κ1) is 14.6. The fraction of sp³-hybridized carbons (Fsp3) is 0.308. The lowest BCUT2D eigenvalue weighted by molar-refractivity contribution is -0.121. The fourth-order valence-corrected chi connectivity index (χ4v) is 2.30. The van der Waals surface area contributed by atoms with Crippen LogP contribution in [-0.2, 0) is 17.8 Å². The van der Waals surface area contributed by atoms with Crippen molar-refractivity contribution in [2.75, 3.05) is 6.54 Å². The number of imidazole rings is 1. The maximum absolute atomic E-state index is 11.8. The molecule has 3 aromatic heterocycles. The maximum atomic E-state index is 11.8. The number of carbonyl (C=O) groups excluding carboxylic acids is 1. The minimum Gasteiger partial charge on any atom is -0.354 e. The van der Waals surface area contributed by atoms with Gasteiger partial charge in [0, 0.05) is 37.8 Å². The van der Waals surface area contributed by atoms with E-state index in [0.29, 0.717) is 24.6 Å². The number of fused-ring (bicyclic) bond motifs is 1. The van der Waals surface area contributed by atoms with Gasteiger partial charge in [-0.1, -0.05) is 0 Å². The van der Waals surface area contributed by atoms with E-state index in [-0.39, 0.29) is 12.5 Å². The minimum absolute atomic E-state index is 0.0641. The Morgan fingerprint density at radius 2 is 2.27 bits per heavy atom. The van der Waals surface area contributed by atoms with Crippen molar-refractivity contribution >= 4 is 27.6 Å². The van der Waals surface area contributed by atoms with E-state index < -0.39 is 0 Å². The number of nitrogens with one attached hydrogen (secondary N) is 1. The molecule has 0 bridgehead atoms. The van der Waals surface area contributed by atoms with E-state index in [1.807, 2.05) is 6.92 Å². The van der Waals surface area contributed by atoms with Crippen molar-refractivity contribution in [2.45, 2.75) is 19.9 Å². The highest BCUT2D eigenvalue weighted by molar-refractivity contribution is 9.10. The number of aryl methyl sites for hydroxylation is 1. The Morgan fingerprint density at radius 3 is 3.05 bits per heavy atom. The summed E-state index contributed by atoms with van der Waals surface area (Å²) in [6, 6.07) is 0. The average molecular weight is 364 g/mol. The van der Waals surface area contributed by atoms with Crippen molar-refractivity contribution in [1.29, 1.82) is 0 Å². The molecule has 0 aliphatic rings. The highest BCUT2D eigenvalue weighted by atomic mass is 79.9. The molecule has 0 spiro atoms. The van der Waals surface area contributed by atoms with Crippen LogP contribution in [0, 0.1) is 6.92 Å². The number of hydrogen-bond acceptors (Lipinski definition) is 5. The molecular weight excluding hydrogens is 350 g/mol. The van der Waals surface area contributed by atoms with Gasteiger partial charge in [0.2, 0.25) is 5.91 Å². The molecule has 0 saturated heterocycles. The van der Waals surface area contributed by atoms with Crippen LogP contribution < -0.4 is 5.32 Å². The molecule has 0 aromatic carbocycles.